The van der Waals surface area contributed by atoms with Crippen LogP contribution < -0.4 is 25.7 Å². The second-order valence-corrected chi connectivity index (χ2v) is 14.6. The van der Waals surface area contributed by atoms with Crippen molar-refractivity contribution in [3.8, 4) is 11.8 Å². The number of hydrogen-bond donors (Lipinski definition) is 2. The third kappa shape index (κ3) is 7.83. The van der Waals surface area contributed by atoms with Crippen LogP contribution in [0.25, 0.3) is 11.0 Å². The van der Waals surface area contributed by atoms with Crippen LogP contribution >= 0.6 is 0 Å². The third-order valence-corrected chi connectivity index (χ3v) is 10.6. The predicted octanol–water partition coefficient (Wildman–Crippen LogP) is 5.15. The predicted molar refractivity (Wildman–Crippen MR) is 204 cm³/mol. The maximum atomic E-state index is 13.8. The van der Waals surface area contributed by atoms with Crippen molar-refractivity contribution in [3.05, 3.63) is 66.6 Å². The molecule has 2 fully saturated rings. The summed E-state index contributed by atoms with van der Waals surface area (Å²) in [6, 6.07) is 15.4. The standard InChI is InChI=1S/C38H45BN8O7/c1-24-15-18-46(32(48)14-17-40)21-31(24)45(6)33-28-16-19-47(34(28)42-23-41-33)35(49)43-30-20-27(51-7)12-13-29(30)44-36(50)52-22-25-8-10-26(11-9-25)39-53-37(2,3)38(4,5)54-39/h8-13,16,19-20,23-24,31H,14-15,18,21-22H2,1-7H3,(H,43,49)(H,44,50)/t24-,31+/m1/s1. The Morgan fingerprint density at radius 3 is 2.44 bits per heavy atom. The zero-order valence-corrected chi connectivity index (χ0v) is 31.6. The molecule has 2 aliphatic heterocycles. The highest BCUT2D eigenvalue weighted by atomic mass is 16.7. The SMILES string of the molecule is COc1ccc(NC(=O)OCc2ccc(B3OC(C)(C)C(C)(C)O3)cc2)c(NC(=O)n2ccc3c(N(C)[C@H]4CN(C(=O)CC#N)CC[C@H]4C)ncnc32)c1. The molecule has 2 atom stereocenters. The van der Waals surface area contributed by atoms with Crippen molar-refractivity contribution in [3.63, 3.8) is 0 Å². The molecule has 0 radical (unpaired) electrons. The monoisotopic (exact) mass is 736 g/mol. The summed E-state index contributed by atoms with van der Waals surface area (Å²) in [5.74, 6) is 1.11. The minimum atomic E-state index is -0.720. The van der Waals surface area contributed by atoms with E-state index in [4.69, 9.17) is 24.0 Å². The van der Waals surface area contributed by atoms with Gasteiger partial charge < -0.3 is 33.9 Å². The van der Waals surface area contributed by atoms with Gasteiger partial charge >= 0.3 is 19.2 Å². The second kappa shape index (κ2) is 15.4. The maximum absolute atomic E-state index is 13.8. The normalized spacial score (nSPS) is 18.9. The molecule has 3 amide bonds. The van der Waals surface area contributed by atoms with Gasteiger partial charge in [-0.2, -0.15) is 5.26 Å². The first kappa shape index (κ1) is 38.1. The number of nitrogens with zero attached hydrogens (tertiary/aromatic N) is 6. The molecule has 2 N–H and O–H groups in total. The number of anilines is 3. The summed E-state index contributed by atoms with van der Waals surface area (Å²) in [5, 5.41) is 15.2. The molecule has 0 bridgehead atoms. The van der Waals surface area contributed by atoms with Gasteiger partial charge in [-0.1, -0.05) is 31.2 Å². The minimum absolute atomic E-state index is 0.00695. The van der Waals surface area contributed by atoms with E-state index >= 15 is 0 Å². The van der Waals surface area contributed by atoms with Crippen LogP contribution in [-0.4, -0.2) is 89.1 Å². The average Bonchev–Trinajstić information content (AvgIpc) is 3.68. The van der Waals surface area contributed by atoms with Crippen molar-refractivity contribution < 1.29 is 33.2 Å². The summed E-state index contributed by atoms with van der Waals surface area (Å²) < 4.78 is 24.5. The number of benzene rings is 2. The van der Waals surface area contributed by atoms with Crippen LogP contribution in [0.3, 0.4) is 0 Å². The molecule has 0 saturated carbocycles. The van der Waals surface area contributed by atoms with Gasteiger partial charge in [-0.05, 0) is 69.3 Å². The fraction of sp³-hybridized carbons (Fsp3) is 0.421. The number of ether oxygens (including phenoxy) is 2. The maximum Gasteiger partial charge on any atom is 0.494 e. The molecule has 2 saturated heterocycles. The van der Waals surface area contributed by atoms with Crippen LogP contribution in [-0.2, 0) is 25.4 Å². The number of carbonyl (C=O) groups excluding carboxylic acids is 3. The molecule has 2 aromatic heterocycles. The van der Waals surface area contributed by atoms with Crippen molar-refractivity contribution in [2.75, 3.05) is 42.8 Å². The Kier molecular flexibility index (Phi) is 10.8. The Bertz CT molecular complexity index is 2060. The molecule has 16 heteroatoms. The van der Waals surface area contributed by atoms with Crippen molar-refractivity contribution in [1.82, 2.24) is 19.4 Å². The van der Waals surface area contributed by atoms with Crippen molar-refractivity contribution in [2.45, 2.75) is 71.3 Å². The lowest BCUT2D eigenvalue weighted by Crippen LogP contribution is -2.52. The molecule has 54 heavy (non-hydrogen) atoms. The topological polar surface area (TPSA) is 173 Å². The number of hydrogen-bond acceptors (Lipinski definition) is 11. The van der Waals surface area contributed by atoms with Crippen LogP contribution in [0.1, 0.15) is 53.0 Å². The zero-order chi connectivity index (χ0) is 38.8. The Labute approximate surface area is 314 Å². The van der Waals surface area contributed by atoms with Gasteiger partial charge in [0.05, 0.1) is 47.2 Å². The van der Waals surface area contributed by atoms with E-state index in [1.165, 1.54) is 18.0 Å². The van der Waals surface area contributed by atoms with Gasteiger partial charge in [-0.25, -0.2) is 19.6 Å². The first-order chi connectivity index (χ1) is 25.7. The molecule has 6 rings (SSSR count). The molecule has 4 aromatic rings. The molecule has 282 valence electrons. The zero-order valence-electron chi connectivity index (χ0n) is 31.6. The van der Waals surface area contributed by atoms with Gasteiger partial charge in [0.15, 0.2) is 5.65 Å². The van der Waals surface area contributed by atoms with E-state index in [0.29, 0.717) is 41.4 Å². The van der Waals surface area contributed by atoms with Crippen molar-refractivity contribution >= 4 is 58.8 Å². The highest BCUT2D eigenvalue weighted by Gasteiger charge is 2.51. The average molecular weight is 737 g/mol. The highest BCUT2D eigenvalue weighted by molar-refractivity contribution is 6.62. The Morgan fingerprint density at radius 1 is 1.04 bits per heavy atom. The van der Waals surface area contributed by atoms with E-state index in [-0.39, 0.29) is 36.6 Å². The molecule has 0 unspecified atom stereocenters. The van der Waals surface area contributed by atoms with E-state index < -0.39 is 30.4 Å². The summed E-state index contributed by atoms with van der Waals surface area (Å²) in [6.07, 6.45) is 2.89. The van der Waals surface area contributed by atoms with Gasteiger partial charge in [0.2, 0.25) is 5.91 Å². The number of likely N-dealkylation sites (tertiary alicyclic amines) is 1. The van der Waals surface area contributed by atoms with Crippen LogP contribution in [0.15, 0.2) is 61.1 Å². The number of methoxy groups -OCH3 is 1. The molecular formula is C38H45BN8O7. The molecular weight excluding hydrogens is 691 g/mol. The van der Waals surface area contributed by atoms with Crippen LogP contribution in [0, 0.1) is 17.2 Å². The van der Waals surface area contributed by atoms with Gasteiger partial charge in [-0.3, -0.25) is 14.7 Å². The number of nitriles is 1. The van der Waals surface area contributed by atoms with E-state index in [0.717, 1.165) is 17.4 Å². The first-order valence-electron chi connectivity index (χ1n) is 17.8. The molecule has 15 nitrogen and oxygen atoms in total. The quantitative estimate of drug-likeness (QED) is 0.218. The lowest BCUT2D eigenvalue weighted by atomic mass is 9.79. The number of aromatic nitrogens is 3. The summed E-state index contributed by atoms with van der Waals surface area (Å²) in [5.41, 5.74) is 1.65. The lowest BCUT2D eigenvalue weighted by molar-refractivity contribution is -0.131. The number of rotatable bonds is 9. The summed E-state index contributed by atoms with van der Waals surface area (Å²) in [7, 11) is 2.91. The number of nitrogens with one attached hydrogen (secondary N) is 2. The van der Waals surface area contributed by atoms with Gasteiger partial charge in [0.1, 0.15) is 30.9 Å². The minimum Gasteiger partial charge on any atom is -0.497 e. The molecule has 2 aromatic carbocycles. The molecule has 0 spiro atoms. The fourth-order valence-electron chi connectivity index (χ4n) is 6.58. The van der Waals surface area contributed by atoms with Crippen LogP contribution in [0.5, 0.6) is 5.75 Å². The van der Waals surface area contributed by atoms with E-state index in [9.17, 15) is 14.4 Å². The number of fused-ring (bicyclic) bond motifs is 1. The number of amides is 3. The summed E-state index contributed by atoms with van der Waals surface area (Å²) >= 11 is 0. The van der Waals surface area contributed by atoms with Gasteiger partial charge in [-0.15, -0.1) is 0 Å². The van der Waals surface area contributed by atoms with E-state index in [1.807, 2.05) is 70.0 Å². The van der Waals surface area contributed by atoms with E-state index in [1.54, 1.807) is 35.4 Å². The van der Waals surface area contributed by atoms with Gasteiger partial charge in [0, 0.05) is 32.4 Å². The van der Waals surface area contributed by atoms with Crippen molar-refractivity contribution in [2.24, 2.45) is 5.92 Å². The smallest absolute Gasteiger partial charge is 0.494 e. The van der Waals surface area contributed by atoms with Crippen LogP contribution in [0.4, 0.5) is 26.8 Å². The Balaban J connectivity index is 1.13. The molecule has 0 aliphatic carbocycles. The second-order valence-electron chi connectivity index (χ2n) is 14.6. The number of carbonyl (C=O) groups is 3. The van der Waals surface area contributed by atoms with Gasteiger partial charge in [0.25, 0.3) is 0 Å². The van der Waals surface area contributed by atoms with Crippen molar-refractivity contribution in [1.29, 1.82) is 5.26 Å². The first-order valence-corrected chi connectivity index (χ1v) is 17.8. The number of likely N-dealkylation sites (N-methyl/N-ethyl adjacent to an activating group) is 1. The Morgan fingerprint density at radius 2 is 1.76 bits per heavy atom. The Hall–Kier alpha value is -5.66. The highest BCUT2D eigenvalue weighted by Crippen LogP contribution is 2.36. The number of piperidine rings is 1. The summed E-state index contributed by atoms with van der Waals surface area (Å²) in [6.45, 7) is 11.2. The molecule has 2 aliphatic rings. The van der Waals surface area contributed by atoms with Crippen LogP contribution in [0.2, 0.25) is 0 Å². The lowest BCUT2D eigenvalue weighted by Gasteiger charge is -2.42. The molecule has 4 heterocycles. The largest absolute Gasteiger partial charge is 0.497 e. The third-order valence-electron chi connectivity index (χ3n) is 10.6. The fourth-order valence-corrected chi connectivity index (χ4v) is 6.58. The summed E-state index contributed by atoms with van der Waals surface area (Å²) in [4.78, 5) is 51.9. The van der Waals surface area contributed by atoms with E-state index in [2.05, 4.69) is 27.5 Å².